The average molecular weight is 224 g/mol. The molecule has 0 bridgehead atoms. The molecule has 0 N–H and O–H groups in total. The fraction of sp³-hybridized carbons (Fsp3) is 0.308. The first-order valence-corrected chi connectivity index (χ1v) is 5.57. The van der Waals surface area contributed by atoms with Gasteiger partial charge in [-0.1, -0.05) is 43.7 Å². The molecule has 1 heterocycles. The second-order valence-corrected chi connectivity index (χ2v) is 2.94. The monoisotopic (exact) mass is 223 g/mol. The fourth-order valence-corrected chi connectivity index (χ4v) is 1.35. The Labute approximate surface area is 97.5 Å². The van der Waals surface area contributed by atoms with Gasteiger partial charge in [0.05, 0.1) is 0 Å². The summed E-state index contributed by atoms with van der Waals surface area (Å²) in [5, 5.41) is 0.550. The Balaban J connectivity index is 0.000000921. The zero-order valence-electron chi connectivity index (χ0n) is 9.79. The minimum atomic E-state index is 0.550. The normalized spacial score (nSPS) is 11.1. The molecule has 0 unspecified atom stereocenters. The topological polar surface area (TPSA) is 12.9 Å². The third kappa shape index (κ3) is 4.30. The second kappa shape index (κ2) is 8.25. The number of aromatic nitrogens is 1. The Morgan fingerprint density at radius 1 is 1.33 bits per heavy atom. The minimum Gasteiger partial charge on any atom is -0.244 e. The third-order valence-corrected chi connectivity index (χ3v) is 2.03. The van der Waals surface area contributed by atoms with E-state index in [2.05, 4.69) is 4.98 Å². The number of allylic oxidation sites excluding steroid dienone is 4. The lowest BCUT2D eigenvalue weighted by atomic mass is 10.1. The largest absolute Gasteiger partial charge is 0.244 e. The van der Waals surface area contributed by atoms with E-state index in [4.69, 9.17) is 11.6 Å². The van der Waals surface area contributed by atoms with Crippen molar-refractivity contribution >= 4 is 17.2 Å². The molecule has 0 aliphatic heterocycles. The summed E-state index contributed by atoms with van der Waals surface area (Å²) in [6.45, 7) is 7.96. The minimum absolute atomic E-state index is 0.550. The van der Waals surface area contributed by atoms with Gasteiger partial charge in [0, 0.05) is 11.8 Å². The standard InChI is InChI=1S/C11H12ClN.C2H6/c1-3-6-9(4-2)10-7-5-8-13-11(10)12;1-2/h3-8H,1-2H3;1-2H3/b6-3-,9-4+;. The average Bonchev–Trinajstić information content (AvgIpc) is 2.30. The van der Waals surface area contributed by atoms with Crippen molar-refractivity contribution in [1.82, 2.24) is 4.98 Å². The predicted molar refractivity (Wildman–Crippen MR) is 69.1 cm³/mol. The van der Waals surface area contributed by atoms with Gasteiger partial charge >= 0.3 is 0 Å². The first-order valence-electron chi connectivity index (χ1n) is 5.19. The van der Waals surface area contributed by atoms with Gasteiger partial charge in [0.15, 0.2) is 0 Å². The Bertz CT molecular complexity index is 340. The van der Waals surface area contributed by atoms with E-state index in [9.17, 15) is 0 Å². The van der Waals surface area contributed by atoms with Gasteiger partial charge in [0.1, 0.15) is 5.15 Å². The molecule has 15 heavy (non-hydrogen) atoms. The molecule has 82 valence electrons. The molecular weight excluding hydrogens is 206 g/mol. The van der Waals surface area contributed by atoms with Crippen LogP contribution in [0.2, 0.25) is 5.15 Å². The molecule has 1 aromatic rings. The number of pyridine rings is 1. The smallest absolute Gasteiger partial charge is 0.136 e. The number of hydrogen-bond acceptors (Lipinski definition) is 1. The zero-order chi connectivity index (χ0) is 11.7. The van der Waals surface area contributed by atoms with E-state index < -0.39 is 0 Å². The maximum atomic E-state index is 5.95. The van der Waals surface area contributed by atoms with Crippen LogP contribution in [0.25, 0.3) is 5.57 Å². The summed E-state index contributed by atoms with van der Waals surface area (Å²) in [7, 11) is 0. The van der Waals surface area contributed by atoms with E-state index in [-0.39, 0.29) is 0 Å². The molecule has 0 saturated carbocycles. The van der Waals surface area contributed by atoms with Crippen molar-refractivity contribution in [2.75, 3.05) is 0 Å². The van der Waals surface area contributed by atoms with Crippen molar-refractivity contribution in [3.8, 4) is 0 Å². The van der Waals surface area contributed by atoms with Crippen molar-refractivity contribution in [3.05, 3.63) is 47.3 Å². The van der Waals surface area contributed by atoms with Gasteiger partial charge < -0.3 is 0 Å². The molecule has 0 fully saturated rings. The number of halogens is 1. The SMILES string of the molecule is C/C=C\C(=C/C)c1cccnc1Cl.CC. The van der Waals surface area contributed by atoms with Crippen molar-refractivity contribution in [3.63, 3.8) is 0 Å². The molecule has 0 radical (unpaired) electrons. The molecule has 0 aliphatic carbocycles. The van der Waals surface area contributed by atoms with Crippen molar-refractivity contribution < 1.29 is 0 Å². The first kappa shape index (κ1) is 13.9. The van der Waals surface area contributed by atoms with Crippen LogP contribution in [0, 0.1) is 0 Å². The molecule has 0 aromatic carbocycles. The molecule has 1 aromatic heterocycles. The van der Waals surface area contributed by atoms with Crippen molar-refractivity contribution in [2.45, 2.75) is 27.7 Å². The van der Waals surface area contributed by atoms with Crippen LogP contribution in [-0.2, 0) is 0 Å². The lowest BCUT2D eigenvalue weighted by Crippen LogP contribution is -1.84. The van der Waals surface area contributed by atoms with Crippen LogP contribution in [0.1, 0.15) is 33.3 Å². The number of rotatable bonds is 2. The Hall–Kier alpha value is -1.08. The summed E-state index contributed by atoms with van der Waals surface area (Å²) in [5.74, 6) is 0. The molecular formula is C13H18ClN. The van der Waals surface area contributed by atoms with Gasteiger partial charge in [-0.15, -0.1) is 0 Å². The molecule has 1 rings (SSSR count). The Morgan fingerprint density at radius 2 is 2.00 bits per heavy atom. The van der Waals surface area contributed by atoms with E-state index in [1.807, 2.05) is 58.1 Å². The third-order valence-electron chi connectivity index (χ3n) is 1.73. The summed E-state index contributed by atoms with van der Waals surface area (Å²) in [6, 6.07) is 3.85. The lowest BCUT2D eigenvalue weighted by Gasteiger charge is -2.02. The predicted octanol–water partition coefficient (Wildman–Crippen LogP) is 4.74. The lowest BCUT2D eigenvalue weighted by molar-refractivity contribution is 1.31. The van der Waals surface area contributed by atoms with Crippen LogP contribution in [0.3, 0.4) is 0 Å². The highest BCUT2D eigenvalue weighted by Gasteiger charge is 2.01. The van der Waals surface area contributed by atoms with E-state index in [0.717, 1.165) is 11.1 Å². The fourth-order valence-electron chi connectivity index (χ4n) is 1.12. The molecule has 2 heteroatoms. The van der Waals surface area contributed by atoms with Gasteiger partial charge in [-0.25, -0.2) is 4.98 Å². The number of hydrogen-bond donors (Lipinski definition) is 0. The summed E-state index contributed by atoms with van der Waals surface area (Å²) in [5.41, 5.74) is 2.07. The van der Waals surface area contributed by atoms with Gasteiger partial charge in [-0.05, 0) is 31.6 Å². The van der Waals surface area contributed by atoms with E-state index in [1.165, 1.54) is 0 Å². The van der Waals surface area contributed by atoms with Gasteiger partial charge in [-0.2, -0.15) is 0 Å². The summed E-state index contributed by atoms with van der Waals surface area (Å²) in [4.78, 5) is 4.02. The quantitative estimate of drug-likeness (QED) is 0.521. The van der Waals surface area contributed by atoms with Crippen LogP contribution < -0.4 is 0 Å². The Kier molecular flexibility index (Phi) is 7.65. The van der Waals surface area contributed by atoms with Gasteiger partial charge in [0.25, 0.3) is 0 Å². The molecule has 0 atom stereocenters. The molecule has 0 aliphatic rings. The maximum Gasteiger partial charge on any atom is 0.136 e. The van der Waals surface area contributed by atoms with Gasteiger partial charge in [0.2, 0.25) is 0 Å². The van der Waals surface area contributed by atoms with Crippen LogP contribution in [0.15, 0.2) is 36.6 Å². The Morgan fingerprint density at radius 3 is 2.47 bits per heavy atom. The zero-order valence-corrected chi connectivity index (χ0v) is 10.5. The van der Waals surface area contributed by atoms with Crippen LogP contribution >= 0.6 is 11.6 Å². The van der Waals surface area contributed by atoms with Crippen molar-refractivity contribution in [2.24, 2.45) is 0 Å². The number of nitrogens with zero attached hydrogens (tertiary/aromatic N) is 1. The van der Waals surface area contributed by atoms with E-state index in [0.29, 0.717) is 5.15 Å². The summed E-state index contributed by atoms with van der Waals surface area (Å²) in [6.07, 6.45) is 7.71. The van der Waals surface area contributed by atoms with Crippen LogP contribution in [0.5, 0.6) is 0 Å². The first-order chi connectivity index (χ1) is 7.29. The highest BCUT2D eigenvalue weighted by atomic mass is 35.5. The van der Waals surface area contributed by atoms with E-state index >= 15 is 0 Å². The highest BCUT2D eigenvalue weighted by molar-refractivity contribution is 6.31. The second-order valence-electron chi connectivity index (χ2n) is 2.59. The van der Waals surface area contributed by atoms with E-state index in [1.54, 1.807) is 6.20 Å². The van der Waals surface area contributed by atoms with Gasteiger partial charge in [-0.3, -0.25) is 0 Å². The highest BCUT2D eigenvalue weighted by Crippen LogP contribution is 2.22. The van der Waals surface area contributed by atoms with Crippen LogP contribution in [0.4, 0.5) is 0 Å². The van der Waals surface area contributed by atoms with Crippen LogP contribution in [-0.4, -0.2) is 4.98 Å². The molecule has 0 saturated heterocycles. The summed E-state index contributed by atoms with van der Waals surface area (Å²) < 4.78 is 0. The summed E-state index contributed by atoms with van der Waals surface area (Å²) >= 11 is 5.95. The molecule has 1 nitrogen and oxygen atoms in total. The van der Waals surface area contributed by atoms with Crippen molar-refractivity contribution in [1.29, 1.82) is 0 Å². The maximum absolute atomic E-state index is 5.95. The molecule has 0 amide bonds. The molecule has 0 spiro atoms.